The van der Waals surface area contributed by atoms with Gasteiger partial charge in [-0.15, -0.1) is 29.7 Å². The molecule has 3 aromatic heterocycles. The van der Waals surface area contributed by atoms with Gasteiger partial charge in [0.25, 0.3) is 6.33 Å². The van der Waals surface area contributed by atoms with Crippen LogP contribution < -0.4 is 30.1 Å². The van der Waals surface area contributed by atoms with E-state index in [1.54, 1.807) is 12.3 Å². The third-order valence-electron chi connectivity index (χ3n) is 19.6. The Kier molecular flexibility index (Phi) is 13.5. The van der Waals surface area contributed by atoms with Crippen molar-refractivity contribution in [3.05, 3.63) is 296 Å². The van der Waals surface area contributed by atoms with Crippen LogP contribution in [-0.4, -0.2) is 22.2 Å². The minimum Gasteiger partial charge on any atom is -0.510 e. The van der Waals surface area contributed by atoms with E-state index in [4.69, 9.17) is 9.72 Å². The van der Waals surface area contributed by atoms with Gasteiger partial charge in [0, 0.05) is 54.0 Å². The fourth-order valence-electron chi connectivity index (χ4n) is 15.2. The summed E-state index contributed by atoms with van der Waals surface area (Å²) < 4.78 is 41.4. The number of aryl methyl sites for hydroxylation is 1. The summed E-state index contributed by atoms with van der Waals surface area (Å²) in [5.41, 5.74) is 17.2. The Bertz CT molecular complexity index is 5240. The van der Waals surface area contributed by atoms with Crippen molar-refractivity contribution in [1.82, 2.24) is 14.1 Å². The number of hydrogen-bond acceptors (Lipinski definition) is 2. The second-order valence-corrected chi connectivity index (χ2v) is 30.9. The van der Waals surface area contributed by atoms with Crippen LogP contribution >= 0.6 is 0 Å². The summed E-state index contributed by atoms with van der Waals surface area (Å²) in [5, 5.41) is 6.88. The minimum atomic E-state index is -3.01. The molecule has 0 radical (unpaired) electrons. The van der Waals surface area contributed by atoms with Gasteiger partial charge in [-0.25, -0.2) is 4.98 Å². The Labute approximate surface area is 559 Å². The van der Waals surface area contributed by atoms with E-state index in [2.05, 4.69) is 305 Å². The van der Waals surface area contributed by atoms with Crippen LogP contribution in [-0.2, 0) is 37.3 Å². The quantitative estimate of drug-likeness (QED) is 0.0625. The average molecular weight is 1390 g/mol. The van der Waals surface area contributed by atoms with Crippen molar-refractivity contribution in [2.24, 2.45) is 0 Å². The van der Waals surface area contributed by atoms with Crippen LogP contribution in [0.5, 0.6) is 11.5 Å². The molecule has 1 aliphatic heterocycles. The van der Waals surface area contributed by atoms with E-state index in [0.717, 1.165) is 79.4 Å². The number of hydrogen-bond donors (Lipinski definition) is 0. The van der Waals surface area contributed by atoms with Crippen molar-refractivity contribution >= 4 is 61.7 Å². The van der Waals surface area contributed by atoms with Crippen LogP contribution in [0.2, 0.25) is 0 Å². The predicted octanol–water partition coefficient (Wildman–Crippen LogP) is 17.9. The summed E-state index contributed by atoms with van der Waals surface area (Å²) in [6, 6.07) is 96.2. The predicted molar refractivity (Wildman–Crippen MR) is 378 cm³/mol. The third-order valence-corrected chi connectivity index (χ3v) is 24.4. The first-order valence-electron chi connectivity index (χ1n) is 33.2. The summed E-state index contributed by atoms with van der Waals surface area (Å²) in [5.74, 6) is 1.41. The van der Waals surface area contributed by atoms with Crippen LogP contribution in [0.3, 0.4) is 0 Å². The number of fused-ring (bicyclic) bond motifs is 11. The number of aromatic nitrogens is 4. The zero-order valence-corrected chi connectivity index (χ0v) is 55.9. The van der Waals surface area contributed by atoms with Crippen LogP contribution in [0.4, 0.5) is 0 Å². The van der Waals surface area contributed by atoms with Crippen molar-refractivity contribution in [3.63, 3.8) is 0 Å². The maximum Gasteiger partial charge on any atom is 0.268 e. The van der Waals surface area contributed by atoms with Gasteiger partial charge < -0.3 is 13.9 Å². The molecule has 7 heteroatoms. The van der Waals surface area contributed by atoms with Crippen molar-refractivity contribution < 1.29 is 34.5 Å². The number of pyridine rings is 1. The molecule has 14 aromatic rings. The number of imidazole rings is 1. The largest absolute Gasteiger partial charge is 0.510 e. The van der Waals surface area contributed by atoms with Crippen molar-refractivity contribution in [1.29, 1.82) is 0 Å². The van der Waals surface area contributed by atoms with E-state index in [-0.39, 0.29) is 42.9 Å². The zero-order valence-electron chi connectivity index (χ0n) is 55.7. The summed E-state index contributed by atoms with van der Waals surface area (Å²) in [7, 11) is -3.01. The fraction of sp³-hybridized carbons (Fsp3) is 0.153. The summed E-state index contributed by atoms with van der Waals surface area (Å²) in [6.45, 7) is 13.5. The smallest absolute Gasteiger partial charge is 0.268 e. The van der Waals surface area contributed by atoms with Crippen molar-refractivity contribution in [3.8, 4) is 73.2 Å². The Morgan fingerprint density at radius 1 is 0.511 bits per heavy atom. The van der Waals surface area contributed by atoms with Crippen molar-refractivity contribution in [2.75, 3.05) is 0 Å². The number of benzene rings is 11. The third kappa shape index (κ3) is 9.42. The molecule has 5 nitrogen and oxygen atoms in total. The SMILES string of the molecule is [2H]C([2H])([2H])c1cc(-n2c3[c-]c(Oc4[c-]c(-n5[c-][n+]6c7c(cccc75)-c5ccccc5-c5ccccc5-c5cccc(C(C)(C)C)c5-6)ccc4)ccc3c3cc([Si](c4ccccc4)(c4ccccc4)c4ccccc4)ccc32)ncc1-c1cccc2c1C(C)(C)CCC2(C)C.[Pt]. The summed E-state index contributed by atoms with van der Waals surface area (Å²) in [4.78, 5) is 5.34. The molecular weight excluding hydrogens is 1320 g/mol. The molecule has 0 saturated carbocycles. The molecule has 92 heavy (non-hydrogen) atoms. The van der Waals surface area contributed by atoms with Gasteiger partial charge in [-0.05, 0) is 141 Å². The monoisotopic (exact) mass is 1390 g/mol. The number of nitrogens with zero attached hydrogens (tertiary/aromatic N) is 4. The van der Waals surface area contributed by atoms with Gasteiger partial charge in [-0.1, -0.05) is 260 Å². The average Bonchev–Trinajstić information content (AvgIpc) is 1.68. The number of para-hydroxylation sites is 2. The molecular formula is C85H70N4OPtSi-2. The van der Waals surface area contributed by atoms with Gasteiger partial charge in [0.1, 0.15) is 5.82 Å². The van der Waals surface area contributed by atoms with Gasteiger partial charge in [-0.2, -0.15) is 18.2 Å². The minimum absolute atomic E-state index is 0. The number of ether oxygens (including phenoxy) is 1. The zero-order chi connectivity index (χ0) is 64.5. The Hall–Kier alpha value is -9.45. The standard InChI is InChI=1S/C85H70N4OSi.Pt/c1-56-50-79(86-54-73(56)69-38-23-41-74-80(69)85(7,8)49-48-84(74,5)6)89-76-47-45-63(91(60-28-12-9-13-29-60,61-30-14-10-15-31-61)62-32-16-11-17-33-62)53-72(76)68-46-44-59(52-78(68)89)90-58-27-22-26-57(51-58)87-55-88-81-70(39-24-42-75(81)83(2,3)4)66-36-20-18-34-64(66)65-35-19-21-37-67(65)71-40-25-43-77(87)82(71)88;/h9-47,50,53-54H,48-49H2,1-8H3;/q-2;/i1D3;. The maximum atomic E-state index is 9.29. The van der Waals surface area contributed by atoms with Gasteiger partial charge in [0.15, 0.2) is 8.07 Å². The Morgan fingerprint density at radius 2 is 1.08 bits per heavy atom. The topological polar surface area (TPSA) is 35.9 Å². The van der Waals surface area contributed by atoms with E-state index in [9.17, 15) is 4.11 Å². The molecule has 0 amide bonds. The molecule has 1 aliphatic carbocycles. The molecule has 0 bridgehead atoms. The van der Waals surface area contributed by atoms with E-state index in [1.165, 1.54) is 48.6 Å². The van der Waals surface area contributed by atoms with E-state index in [1.807, 2.05) is 18.2 Å². The van der Waals surface area contributed by atoms with Crippen LogP contribution in [0.1, 0.15) is 87.7 Å². The molecule has 0 fully saturated rings. The van der Waals surface area contributed by atoms with Crippen molar-refractivity contribution in [2.45, 2.75) is 84.4 Å². The fourth-order valence-corrected chi connectivity index (χ4v) is 20.0. The molecule has 2 aliphatic rings. The normalized spacial score (nSPS) is 14.5. The molecule has 16 rings (SSSR count). The molecule has 0 unspecified atom stereocenters. The second-order valence-electron chi connectivity index (χ2n) is 27.1. The van der Waals surface area contributed by atoms with Gasteiger partial charge in [0.05, 0.1) is 16.7 Å². The molecule has 0 spiro atoms. The first kappa shape index (κ1) is 55.4. The summed E-state index contributed by atoms with van der Waals surface area (Å²) >= 11 is 0. The van der Waals surface area contributed by atoms with Crippen LogP contribution in [0.25, 0.3) is 94.5 Å². The van der Waals surface area contributed by atoms with E-state index < -0.39 is 14.9 Å². The molecule has 0 atom stereocenters. The molecule has 0 N–H and O–H groups in total. The van der Waals surface area contributed by atoms with Gasteiger partial charge in [-0.3, -0.25) is 4.57 Å². The molecule has 4 heterocycles. The molecule has 11 aromatic carbocycles. The first-order valence-corrected chi connectivity index (χ1v) is 33.7. The molecule has 0 saturated heterocycles. The van der Waals surface area contributed by atoms with Crippen LogP contribution in [0, 0.1) is 25.3 Å². The van der Waals surface area contributed by atoms with Gasteiger partial charge >= 0.3 is 0 Å². The maximum absolute atomic E-state index is 9.29. The first-order chi connectivity index (χ1) is 45.4. The van der Waals surface area contributed by atoms with Crippen LogP contribution in [0.15, 0.2) is 255 Å². The number of rotatable bonds is 9. The summed E-state index contributed by atoms with van der Waals surface area (Å²) in [6.07, 6.45) is 7.74. The second kappa shape index (κ2) is 22.4. The Balaban J connectivity index is 0.00000743. The van der Waals surface area contributed by atoms with E-state index in [0.29, 0.717) is 28.4 Å². The Morgan fingerprint density at radius 3 is 1.74 bits per heavy atom. The van der Waals surface area contributed by atoms with Gasteiger partial charge in [0.2, 0.25) is 0 Å². The molecule has 452 valence electrons. The van der Waals surface area contributed by atoms with E-state index >= 15 is 0 Å².